The highest BCUT2D eigenvalue weighted by Crippen LogP contribution is 2.18. The first-order chi connectivity index (χ1) is 11.3. The van der Waals surface area contributed by atoms with E-state index in [9.17, 15) is 17.6 Å². The summed E-state index contributed by atoms with van der Waals surface area (Å²) in [6.45, 7) is 1.54. The summed E-state index contributed by atoms with van der Waals surface area (Å²) >= 11 is 3.09. The molecule has 1 N–H and O–H groups in total. The maximum absolute atomic E-state index is 13.2. The van der Waals surface area contributed by atoms with Gasteiger partial charge in [-0.1, -0.05) is 12.1 Å². The molecule has 7 heteroatoms. The van der Waals surface area contributed by atoms with Gasteiger partial charge in [-0.25, -0.2) is 12.8 Å². The van der Waals surface area contributed by atoms with Crippen LogP contribution in [0.15, 0.2) is 53.0 Å². The van der Waals surface area contributed by atoms with Crippen LogP contribution in [0.2, 0.25) is 0 Å². The number of benzene rings is 2. The van der Waals surface area contributed by atoms with Crippen LogP contribution in [0.4, 0.5) is 10.1 Å². The average Bonchev–Trinajstić information content (AvgIpc) is 2.56. The molecule has 126 valence electrons. The van der Waals surface area contributed by atoms with E-state index in [2.05, 4.69) is 20.7 Å². The zero-order valence-corrected chi connectivity index (χ0v) is 15.2. The summed E-state index contributed by atoms with van der Waals surface area (Å²) in [7, 11) is -3.34. The van der Waals surface area contributed by atoms with Crippen LogP contribution in [0, 0.1) is 5.82 Å². The van der Waals surface area contributed by atoms with Crippen molar-refractivity contribution in [2.45, 2.75) is 6.92 Å². The number of carbonyl (C=O) groups excluding carboxylic acids is 1. The summed E-state index contributed by atoms with van der Waals surface area (Å²) in [4.78, 5) is 12.1. The lowest BCUT2D eigenvalue weighted by Gasteiger charge is -2.06. The molecular weight excluding hydrogens is 397 g/mol. The number of hydrogen-bond donors (Lipinski definition) is 1. The molecule has 0 spiro atoms. The lowest BCUT2D eigenvalue weighted by atomic mass is 10.1. The second-order valence-electron chi connectivity index (χ2n) is 4.95. The quantitative estimate of drug-likeness (QED) is 0.570. The molecule has 2 aromatic rings. The van der Waals surface area contributed by atoms with E-state index >= 15 is 0 Å². The van der Waals surface area contributed by atoms with Gasteiger partial charge in [-0.15, -0.1) is 0 Å². The molecule has 0 fully saturated rings. The highest BCUT2D eigenvalue weighted by molar-refractivity contribution is 9.10. The van der Waals surface area contributed by atoms with Gasteiger partial charge in [0.05, 0.1) is 10.2 Å². The van der Waals surface area contributed by atoms with Gasteiger partial charge < -0.3 is 0 Å². The van der Waals surface area contributed by atoms with Crippen LogP contribution in [-0.4, -0.2) is 20.0 Å². The highest BCUT2D eigenvalue weighted by atomic mass is 79.9. The van der Waals surface area contributed by atoms with Gasteiger partial charge in [-0.3, -0.25) is 9.52 Å². The smallest absolute Gasteiger partial charge is 0.232 e. The number of allylic oxidation sites excluding steroid dienone is 1. The van der Waals surface area contributed by atoms with Crippen molar-refractivity contribution in [3.05, 3.63) is 70.0 Å². The minimum absolute atomic E-state index is 0.0242. The standard InChI is InChI=1S/C17H15BrFNO3S/c1-2-24(22,23)20-14-7-5-13(6-8-14)17(21)10-4-12-3-9-16(19)15(18)11-12/h3-11,20H,2H2,1H3/b10-4+. The Balaban J connectivity index is 2.09. The van der Waals surface area contributed by atoms with Gasteiger partial charge in [0.2, 0.25) is 10.0 Å². The maximum atomic E-state index is 13.2. The number of halogens is 2. The first-order valence-corrected chi connectivity index (χ1v) is 9.53. The number of carbonyl (C=O) groups is 1. The molecular formula is C17H15BrFNO3S. The fourth-order valence-corrected chi connectivity index (χ4v) is 2.87. The fourth-order valence-electron chi connectivity index (χ4n) is 1.84. The number of sulfonamides is 1. The molecule has 0 radical (unpaired) electrons. The third-order valence-electron chi connectivity index (χ3n) is 3.19. The topological polar surface area (TPSA) is 63.2 Å². The summed E-state index contributed by atoms with van der Waals surface area (Å²) in [6, 6.07) is 10.6. The summed E-state index contributed by atoms with van der Waals surface area (Å²) in [5.74, 6) is -0.632. The van der Waals surface area contributed by atoms with Gasteiger partial charge >= 0.3 is 0 Å². The minimum Gasteiger partial charge on any atom is -0.289 e. The average molecular weight is 412 g/mol. The molecule has 0 unspecified atom stereocenters. The van der Waals surface area contributed by atoms with Crippen molar-refractivity contribution in [2.75, 3.05) is 10.5 Å². The number of nitrogens with one attached hydrogen (secondary N) is 1. The molecule has 0 heterocycles. The van der Waals surface area contributed by atoms with Crippen LogP contribution < -0.4 is 4.72 Å². The largest absolute Gasteiger partial charge is 0.289 e. The normalized spacial score (nSPS) is 11.6. The van der Waals surface area contributed by atoms with E-state index in [1.807, 2.05) is 0 Å². The van der Waals surface area contributed by atoms with Crippen molar-refractivity contribution in [1.82, 2.24) is 0 Å². The first-order valence-electron chi connectivity index (χ1n) is 7.09. The summed E-state index contributed by atoms with van der Waals surface area (Å²) in [5, 5.41) is 0. The zero-order chi connectivity index (χ0) is 17.7. The van der Waals surface area contributed by atoms with Crippen molar-refractivity contribution in [1.29, 1.82) is 0 Å². The van der Waals surface area contributed by atoms with E-state index in [4.69, 9.17) is 0 Å². The number of anilines is 1. The van der Waals surface area contributed by atoms with E-state index in [-0.39, 0.29) is 17.4 Å². The molecule has 0 bridgehead atoms. The van der Waals surface area contributed by atoms with Gasteiger partial charge in [0, 0.05) is 11.3 Å². The Bertz CT molecular complexity index is 877. The lowest BCUT2D eigenvalue weighted by molar-refractivity contribution is 0.104. The van der Waals surface area contributed by atoms with Crippen molar-refractivity contribution in [2.24, 2.45) is 0 Å². The van der Waals surface area contributed by atoms with Crippen molar-refractivity contribution < 1.29 is 17.6 Å². The summed E-state index contributed by atoms with van der Waals surface area (Å²) in [6.07, 6.45) is 2.96. The predicted molar refractivity (Wildman–Crippen MR) is 97.0 cm³/mol. The molecule has 0 aliphatic rings. The van der Waals surface area contributed by atoms with Crippen LogP contribution >= 0.6 is 15.9 Å². The molecule has 2 aromatic carbocycles. The number of ketones is 1. The summed E-state index contributed by atoms with van der Waals surface area (Å²) < 4.78 is 38.8. The molecule has 0 amide bonds. The minimum atomic E-state index is -3.34. The molecule has 0 aliphatic carbocycles. The molecule has 0 saturated carbocycles. The second kappa shape index (κ2) is 7.72. The van der Waals surface area contributed by atoms with Gasteiger partial charge in [0.25, 0.3) is 0 Å². The third kappa shape index (κ3) is 5.01. The lowest BCUT2D eigenvalue weighted by Crippen LogP contribution is -2.14. The number of hydrogen-bond acceptors (Lipinski definition) is 3. The van der Waals surface area contributed by atoms with Crippen LogP contribution in [0.3, 0.4) is 0 Å². The van der Waals surface area contributed by atoms with Crippen LogP contribution in [0.25, 0.3) is 6.08 Å². The van der Waals surface area contributed by atoms with Gasteiger partial charge in [-0.2, -0.15) is 0 Å². The zero-order valence-electron chi connectivity index (χ0n) is 12.8. The third-order valence-corrected chi connectivity index (χ3v) is 5.11. The predicted octanol–water partition coefficient (Wildman–Crippen LogP) is 4.25. The Hall–Kier alpha value is -1.99. The Morgan fingerprint density at radius 2 is 1.88 bits per heavy atom. The van der Waals surface area contributed by atoms with E-state index in [1.165, 1.54) is 24.3 Å². The summed E-state index contributed by atoms with van der Waals surface area (Å²) in [5.41, 5.74) is 1.51. The SMILES string of the molecule is CCS(=O)(=O)Nc1ccc(C(=O)/C=C/c2ccc(F)c(Br)c2)cc1. The molecule has 0 aromatic heterocycles. The Kier molecular flexibility index (Phi) is 5.90. The van der Waals surface area contributed by atoms with E-state index in [1.54, 1.807) is 37.3 Å². The second-order valence-corrected chi connectivity index (χ2v) is 7.82. The van der Waals surface area contributed by atoms with E-state index < -0.39 is 10.0 Å². The van der Waals surface area contributed by atoms with Crippen molar-refractivity contribution in [3.8, 4) is 0 Å². The van der Waals surface area contributed by atoms with Crippen LogP contribution in [-0.2, 0) is 10.0 Å². The van der Waals surface area contributed by atoms with Crippen LogP contribution in [0.1, 0.15) is 22.8 Å². The van der Waals surface area contributed by atoms with Gasteiger partial charge in [-0.05, 0) is 70.9 Å². The monoisotopic (exact) mass is 411 g/mol. The highest BCUT2D eigenvalue weighted by Gasteiger charge is 2.07. The number of rotatable bonds is 6. The van der Waals surface area contributed by atoms with Crippen molar-refractivity contribution in [3.63, 3.8) is 0 Å². The molecule has 4 nitrogen and oxygen atoms in total. The molecule has 2 rings (SSSR count). The van der Waals surface area contributed by atoms with E-state index in [0.29, 0.717) is 21.3 Å². The molecule has 0 saturated heterocycles. The molecule has 0 atom stereocenters. The fraction of sp³-hybridized carbons (Fsp3) is 0.118. The molecule has 24 heavy (non-hydrogen) atoms. The van der Waals surface area contributed by atoms with Crippen molar-refractivity contribution >= 4 is 43.5 Å². The van der Waals surface area contributed by atoms with E-state index in [0.717, 1.165) is 0 Å². The van der Waals surface area contributed by atoms with Crippen LogP contribution in [0.5, 0.6) is 0 Å². The molecule has 0 aliphatic heterocycles. The van der Waals surface area contributed by atoms with Gasteiger partial charge in [0.1, 0.15) is 5.82 Å². The first kappa shape index (κ1) is 18.4. The van der Waals surface area contributed by atoms with Gasteiger partial charge in [0.15, 0.2) is 5.78 Å². The Labute approximate surface area is 148 Å². The Morgan fingerprint density at radius 3 is 2.46 bits per heavy atom. The Morgan fingerprint density at radius 1 is 1.21 bits per heavy atom. The maximum Gasteiger partial charge on any atom is 0.232 e.